The molecule has 0 unspecified atom stereocenters. The summed E-state index contributed by atoms with van der Waals surface area (Å²) >= 11 is 0. The number of hydrogen-bond acceptors (Lipinski definition) is 2. The van der Waals surface area contributed by atoms with Crippen molar-refractivity contribution in [2.24, 2.45) is 12.8 Å². The van der Waals surface area contributed by atoms with Gasteiger partial charge in [0, 0.05) is 36.1 Å². The first-order valence-electron chi connectivity index (χ1n) is 5.33. The number of rotatable bonds is 1. The molecular weight excluding hydrogens is 198 g/mol. The van der Waals surface area contributed by atoms with E-state index in [4.69, 9.17) is 5.73 Å². The number of aromatic nitrogens is 2. The third kappa shape index (κ3) is 1.09. The quantitative estimate of drug-likeness (QED) is 0.670. The van der Waals surface area contributed by atoms with Gasteiger partial charge in [0.15, 0.2) is 0 Å². The zero-order valence-electron chi connectivity index (χ0n) is 9.14. The van der Waals surface area contributed by atoms with Crippen LogP contribution < -0.4 is 5.73 Å². The number of pyridine rings is 1. The number of nitrogens with zero attached hydrogens (tertiary/aromatic N) is 2. The summed E-state index contributed by atoms with van der Waals surface area (Å²) in [5, 5.41) is 2.48. The topological polar surface area (TPSA) is 43.8 Å². The molecule has 3 heteroatoms. The molecular formula is C13H13N3. The first-order chi connectivity index (χ1) is 7.83. The van der Waals surface area contributed by atoms with E-state index in [0.717, 1.165) is 11.1 Å². The van der Waals surface area contributed by atoms with Crippen molar-refractivity contribution in [1.29, 1.82) is 0 Å². The van der Waals surface area contributed by atoms with E-state index in [9.17, 15) is 0 Å². The normalized spacial score (nSPS) is 11.4. The first kappa shape index (κ1) is 9.36. The lowest BCUT2D eigenvalue weighted by Gasteiger charge is -1.99. The summed E-state index contributed by atoms with van der Waals surface area (Å²) in [5.74, 6) is 0. The Bertz CT molecular complexity index is 667. The molecule has 0 radical (unpaired) electrons. The number of aryl methyl sites for hydroxylation is 1. The molecule has 0 aliphatic carbocycles. The van der Waals surface area contributed by atoms with Crippen LogP contribution >= 0.6 is 0 Å². The summed E-state index contributed by atoms with van der Waals surface area (Å²) in [6, 6.07) is 8.37. The number of para-hydroxylation sites is 1. The van der Waals surface area contributed by atoms with Gasteiger partial charge in [-0.2, -0.15) is 0 Å². The number of benzene rings is 1. The van der Waals surface area contributed by atoms with Crippen molar-refractivity contribution >= 4 is 21.8 Å². The second kappa shape index (κ2) is 3.32. The van der Waals surface area contributed by atoms with Gasteiger partial charge in [-0.1, -0.05) is 18.2 Å². The molecule has 0 saturated carbocycles. The Hall–Kier alpha value is -1.87. The van der Waals surface area contributed by atoms with Crippen LogP contribution in [0, 0.1) is 0 Å². The van der Waals surface area contributed by atoms with E-state index in [-0.39, 0.29) is 0 Å². The predicted molar refractivity (Wildman–Crippen MR) is 66.1 cm³/mol. The Morgan fingerprint density at radius 1 is 1.19 bits per heavy atom. The maximum atomic E-state index is 5.77. The van der Waals surface area contributed by atoms with Gasteiger partial charge < -0.3 is 10.3 Å². The highest BCUT2D eigenvalue weighted by Crippen LogP contribution is 2.29. The van der Waals surface area contributed by atoms with E-state index in [1.807, 2.05) is 12.4 Å². The van der Waals surface area contributed by atoms with Crippen LogP contribution in [0.25, 0.3) is 21.8 Å². The van der Waals surface area contributed by atoms with Crippen molar-refractivity contribution in [3.05, 3.63) is 42.2 Å². The van der Waals surface area contributed by atoms with Crippen LogP contribution in [0.5, 0.6) is 0 Å². The predicted octanol–water partition coefficient (Wildman–Crippen LogP) is 2.19. The van der Waals surface area contributed by atoms with Crippen molar-refractivity contribution in [3.8, 4) is 0 Å². The van der Waals surface area contributed by atoms with Gasteiger partial charge in [-0.3, -0.25) is 4.98 Å². The molecule has 2 heterocycles. The zero-order chi connectivity index (χ0) is 11.1. The second-order valence-corrected chi connectivity index (χ2v) is 3.97. The van der Waals surface area contributed by atoms with Gasteiger partial charge in [0.05, 0.1) is 11.7 Å². The molecule has 0 fully saturated rings. The largest absolute Gasteiger partial charge is 0.342 e. The molecule has 0 atom stereocenters. The summed E-state index contributed by atoms with van der Waals surface area (Å²) in [4.78, 5) is 4.24. The van der Waals surface area contributed by atoms with Crippen LogP contribution in [-0.2, 0) is 13.6 Å². The number of hydrogen-bond donors (Lipinski definition) is 1. The van der Waals surface area contributed by atoms with Crippen LogP contribution in [-0.4, -0.2) is 9.55 Å². The highest BCUT2D eigenvalue weighted by molar-refractivity contribution is 6.09. The average Bonchev–Trinajstić information content (AvgIpc) is 2.64. The summed E-state index contributed by atoms with van der Waals surface area (Å²) in [7, 11) is 2.06. The minimum Gasteiger partial charge on any atom is -0.342 e. The van der Waals surface area contributed by atoms with Gasteiger partial charge in [0.25, 0.3) is 0 Å². The summed E-state index contributed by atoms with van der Waals surface area (Å²) < 4.78 is 2.16. The van der Waals surface area contributed by atoms with Crippen LogP contribution in [0.15, 0.2) is 36.7 Å². The Morgan fingerprint density at radius 3 is 2.81 bits per heavy atom. The number of fused-ring (bicyclic) bond motifs is 3. The first-order valence-corrected chi connectivity index (χ1v) is 5.33. The molecule has 80 valence electrons. The Labute approximate surface area is 93.5 Å². The van der Waals surface area contributed by atoms with Gasteiger partial charge >= 0.3 is 0 Å². The molecule has 0 aliphatic rings. The third-order valence-electron chi connectivity index (χ3n) is 3.12. The van der Waals surface area contributed by atoms with Crippen LogP contribution in [0.1, 0.15) is 5.56 Å². The lowest BCUT2D eigenvalue weighted by atomic mass is 10.1. The van der Waals surface area contributed by atoms with E-state index in [0.29, 0.717) is 6.54 Å². The lowest BCUT2D eigenvalue weighted by molar-refractivity contribution is 1.00. The van der Waals surface area contributed by atoms with Gasteiger partial charge in [-0.15, -0.1) is 0 Å². The van der Waals surface area contributed by atoms with Gasteiger partial charge in [0.1, 0.15) is 0 Å². The maximum absolute atomic E-state index is 5.77. The zero-order valence-corrected chi connectivity index (χ0v) is 9.14. The molecule has 2 N–H and O–H groups in total. The molecule has 0 bridgehead atoms. The van der Waals surface area contributed by atoms with Gasteiger partial charge in [-0.25, -0.2) is 0 Å². The molecule has 0 saturated heterocycles. The minimum absolute atomic E-state index is 0.526. The van der Waals surface area contributed by atoms with E-state index in [1.165, 1.54) is 16.3 Å². The van der Waals surface area contributed by atoms with Crippen LogP contribution in [0.4, 0.5) is 0 Å². The Morgan fingerprint density at radius 2 is 2.00 bits per heavy atom. The smallest absolute Gasteiger partial charge is 0.0678 e. The van der Waals surface area contributed by atoms with Crippen molar-refractivity contribution in [2.75, 3.05) is 0 Å². The third-order valence-corrected chi connectivity index (χ3v) is 3.12. The van der Waals surface area contributed by atoms with E-state index >= 15 is 0 Å². The molecule has 1 aromatic carbocycles. The Kier molecular flexibility index (Phi) is 1.94. The van der Waals surface area contributed by atoms with Crippen LogP contribution in [0.3, 0.4) is 0 Å². The standard InChI is InChI=1S/C13H13N3/c1-16-11-5-3-2-4-10(11)13-9(6-14)7-15-8-12(13)16/h2-5,7-8H,6,14H2,1H3. The second-order valence-electron chi connectivity index (χ2n) is 3.97. The number of nitrogens with two attached hydrogens (primary N) is 1. The molecule has 2 aromatic heterocycles. The summed E-state index contributed by atoms with van der Waals surface area (Å²) in [6.45, 7) is 0.526. The van der Waals surface area contributed by atoms with Crippen molar-refractivity contribution in [1.82, 2.24) is 9.55 Å². The molecule has 3 aromatic rings. The summed E-state index contributed by atoms with van der Waals surface area (Å²) in [6.07, 6.45) is 3.75. The SMILES string of the molecule is Cn1c2ccccc2c2c(CN)cncc21. The fourth-order valence-electron chi connectivity index (χ4n) is 2.32. The molecule has 0 aliphatic heterocycles. The minimum atomic E-state index is 0.526. The summed E-state index contributed by atoms with van der Waals surface area (Å²) in [5.41, 5.74) is 9.24. The van der Waals surface area contributed by atoms with E-state index in [2.05, 4.69) is 40.9 Å². The molecule has 16 heavy (non-hydrogen) atoms. The van der Waals surface area contributed by atoms with Crippen molar-refractivity contribution in [2.45, 2.75) is 6.54 Å². The molecule has 0 spiro atoms. The van der Waals surface area contributed by atoms with Gasteiger partial charge in [-0.05, 0) is 11.6 Å². The van der Waals surface area contributed by atoms with E-state index in [1.54, 1.807) is 0 Å². The monoisotopic (exact) mass is 211 g/mol. The van der Waals surface area contributed by atoms with Crippen molar-refractivity contribution < 1.29 is 0 Å². The highest BCUT2D eigenvalue weighted by Gasteiger charge is 2.10. The molecule has 3 nitrogen and oxygen atoms in total. The van der Waals surface area contributed by atoms with E-state index < -0.39 is 0 Å². The van der Waals surface area contributed by atoms with Crippen LogP contribution in [0.2, 0.25) is 0 Å². The fourth-order valence-corrected chi connectivity index (χ4v) is 2.32. The fraction of sp³-hybridized carbons (Fsp3) is 0.154. The lowest BCUT2D eigenvalue weighted by Crippen LogP contribution is -1.98. The average molecular weight is 211 g/mol. The molecule has 0 amide bonds. The van der Waals surface area contributed by atoms with Gasteiger partial charge in [0.2, 0.25) is 0 Å². The maximum Gasteiger partial charge on any atom is 0.0678 e. The highest BCUT2D eigenvalue weighted by atomic mass is 14.9. The molecule has 3 rings (SSSR count). The van der Waals surface area contributed by atoms with Crippen molar-refractivity contribution in [3.63, 3.8) is 0 Å². The Balaban J connectivity index is 2.62.